The maximum Gasteiger partial charge on any atom is 0.100 e. The topological polar surface area (TPSA) is 46.9 Å². The molecule has 0 amide bonds. The van der Waals surface area contributed by atoms with Crippen LogP contribution in [0.15, 0.2) is 0 Å². The van der Waals surface area contributed by atoms with Gasteiger partial charge in [0.15, 0.2) is 0 Å². The van der Waals surface area contributed by atoms with Crippen LogP contribution in [-0.4, -0.2) is 38.8 Å². The Kier molecular flexibility index (Phi) is 2.20. The number of nitrogens with zero attached hydrogens (tertiary/aromatic N) is 2. The molecule has 2 N–H and O–H groups in total. The molecule has 4 nitrogen and oxygen atoms in total. The number of hydrogen-bond acceptors (Lipinski definition) is 4. The first-order valence-electron chi connectivity index (χ1n) is 3.85. The number of hydroxylamine groups is 4. The van der Waals surface area contributed by atoms with E-state index in [2.05, 4.69) is 0 Å². The Morgan fingerprint density at radius 2 is 1.91 bits per heavy atom. The van der Waals surface area contributed by atoms with Gasteiger partial charge in [-0.15, -0.1) is 0 Å². The zero-order valence-electron chi connectivity index (χ0n) is 7.28. The Bertz CT molecular complexity index is 149. The predicted molar refractivity (Wildman–Crippen MR) is 40.3 cm³/mol. The highest BCUT2D eigenvalue weighted by Crippen LogP contribution is 2.25. The molecule has 1 unspecified atom stereocenters. The summed E-state index contributed by atoms with van der Waals surface area (Å²) in [6, 6.07) is 0.119. The van der Waals surface area contributed by atoms with E-state index in [1.54, 1.807) is 0 Å². The summed E-state index contributed by atoms with van der Waals surface area (Å²) in [7, 11) is 0. The second-order valence-electron chi connectivity index (χ2n) is 3.85. The molecular weight excluding hydrogens is 144 g/mol. The average Bonchev–Trinajstić information content (AvgIpc) is 1.83. The summed E-state index contributed by atoms with van der Waals surface area (Å²) in [6.07, 6.45) is 0.764. The van der Waals surface area contributed by atoms with Gasteiger partial charge in [0.05, 0.1) is 0 Å². The summed E-state index contributed by atoms with van der Waals surface area (Å²) in [5.41, 5.74) is -0.224. The maximum atomic E-state index is 9.36. The van der Waals surface area contributed by atoms with Crippen LogP contribution >= 0.6 is 0 Å². The Hall–Kier alpha value is -0.160. The Morgan fingerprint density at radius 3 is 2.36 bits per heavy atom. The molecule has 0 bridgehead atoms. The molecule has 1 fully saturated rings. The predicted octanol–water partition coefficient (Wildman–Crippen LogP) is 0.897. The van der Waals surface area contributed by atoms with Crippen molar-refractivity contribution >= 4 is 0 Å². The summed E-state index contributed by atoms with van der Waals surface area (Å²) < 4.78 is 0. The third-order valence-corrected chi connectivity index (χ3v) is 2.28. The maximum absolute atomic E-state index is 9.36. The van der Waals surface area contributed by atoms with Crippen molar-refractivity contribution in [3.05, 3.63) is 0 Å². The van der Waals surface area contributed by atoms with Crippen molar-refractivity contribution in [2.45, 2.75) is 38.8 Å². The SMILES string of the molecule is CC1CC(C)(C)N(O)CN1O. The van der Waals surface area contributed by atoms with Gasteiger partial charge in [0.25, 0.3) is 0 Å². The lowest BCUT2D eigenvalue weighted by atomic mass is 9.94. The van der Waals surface area contributed by atoms with Gasteiger partial charge in [0, 0.05) is 11.6 Å². The first-order chi connectivity index (χ1) is 4.93. The standard InChI is InChI=1S/C7H16N2O2/c1-6-4-7(2,3)9(11)5-8(6)10/h6,10-11H,4-5H2,1-3H3. The highest BCUT2D eigenvalue weighted by Gasteiger charge is 2.35. The van der Waals surface area contributed by atoms with Crippen molar-refractivity contribution < 1.29 is 10.4 Å². The van der Waals surface area contributed by atoms with Gasteiger partial charge in [-0.3, -0.25) is 0 Å². The van der Waals surface area contributed by atoms with Gasteiger partial charge in [-0.2, -0.15) is 10.1 Å². The van der Waals surface area contributed by atoms with Gasteiger partial charge >= 0.3 is 0 Å². The van der Waals surface area contributed by atoms with Crippen molar-refractivity contribution in [1.29, 1.82) is 0 Å². The molecule has 1 atom stereocenters. The highest BCUT2D eigenvalue weighted by molar-refractivity contribution is 4.84. The Labute approximate surface area is 66.9 Å². The first kappa shape index (κ1) is 8.93. The van der Waals surface area contributed by atoms with Gasteiger partial charge in [-0.25, -0.2) is 0 Å². The van der Waals surface area contributed by atoms with E-state index in [0.29, 0.717) is 0 Å². The van der Waals surface area contributed by atoms with E-state index in [9.17, 15) is 10.4 Å². The molecule has 1 saturated heterocycles. The quantitative estimate of drug-likeness (QED) is 0.552. The van der Waals surface area contributed by atoms with Crippen LogP contribution in [0.4, 0.5) is 0 Å². The molecule has 1 aliphatic rings. The third-order valence-electron chi connectivity index (χ3n) is 2.28. The van der Waals surface area contributed by atoms with E-state index in [-0.39, 0.29) is 18.2 Å². The molecule has 0 spiro atoms. The van der Waals surface area contributed by atoms with Crippen LogP contribution in [0.3, 0.4) is 0 Å². The normalized spacial score (nSPS) is 34.1. The van der Waals surface area contributed by atoms with Crippen LogP contribution < -0.4 is 0 Å². The van der Waals surface area contributed by atoms with Crippen LogP contribution in [0, 0.1) is 0 Å². The van der Waals surface area contributed by atoms with Crippen molar-refractivity contribution in [2.24, 2.45) is 0 Å². The Balaban J connectivity index is 2.63. The van der Waals surface area contributed by atoms with Crippen LogP contribution in [0.1, 0.15) is 27.2 Å². The fraction of sp³-hybridized carbons (Fsp3) is 1.00. The number of hydrogen-bond donors (Lipinski definition) is 2. The molecule has 1 heterocycles. The molecule has 0 aliphatic carbocycles. The molecule has 0 saturated carbocycles. The first-order valence-corrected chi connectivity index (χ1v) is 3.85. The van der Waals surface area contributed by atoms with E-state index in [1.807, 2.05) is 20.8 Å². The summed E-state index contributed by atoms with van der Waals surface area (Å²) in [6.45, 7) is 6.05. The van der Waals surface area contributed by atoms with Crippen LogP contribution in [0.5, 0.6) is 0 Å². The van der Waals surface area contributed by atoms with Crippen LogP contribution in [0.2, 0.25) is 0 Å². The molecule has 0 aromatic heterocycles. The van der Waals surface area contributed by atoms with E-state index in [1.165, 1.54) is 0 Å². The third kappa shape index (κ3) is 1.70. The van der Waals surface area contributed by atoms with Crippen LogP contribution in [0.25, 0.3) is 0 Å². The van der Waals surface area contributed by atoms with E-state index in [0.717, 1.165) is 16.5 Å². The van der Waals surface area contributed by atoms with Crippen molar-refractivity contribution in [2.75, 3.05) is 6.67 Å². The second-order valence-corrected chi connectivity index (χ2v) is 3.85. The van der Waals surface area contributed by atoms with Crippen molar-refractivity contribution in [3.8, 4) is 0 Å². The average molecular weight is 160 g/mol. The van der Waals surface area contributed by atoms with Gasteiger partial charge in [0.1, 0.15) is 6.67 Å². The lowest BCUT2D eigenvalue weighted by Crippen LogP contribution is -2.56. The fourth-order valence-electron chi connectivity index (χ4n) is 1.40. The molecule has 11 heavy (non-hydrogen) atoms. The summed E-state index contributed by atoms with van der Waals surface area (Å²) in [4.78, 5) is 0. The minimum Gasteiger partial charge on any atom is -0.312 e. The Morgan fingerprint density at radius 1 is 1.36 bits per heavy atom. The lowest BCUT2D eigenvalue weighted by Gasteiger charge is -2.44. The summed E-state index contributed by atoms with van der Waals surface area (Å²) >= 11 is 0. The zero-order valence-corrected chi connectivity index (χ0v) is 7.28. The molecular formula is C7H16N2O2. The monoisotopic (exact) mass is 160 g/mol. The molecule has 0 radical (unpaired) electrons. The highest BCUT2D eigenvalue weighted by atomic mass is 16.5. The smallest absolute Gasteiger partial charge is 0.100 e. The molecule has 1 rings (SSSR count). The molecule has 66 valence electrons. The zero-order chi connectivity index (χ0) is 8.65. The fourth-order valence-corrected chi connectivity index (χ4v) is 1.40. The van der Waals surface area contributed by atoms with Gasteiger partial charge < -0.3 is 10.4 Å². The summed E-state index contributed by atoms with van der Waals surface area (Å²) in [5, 5.41) is 20.9. The molecule has 1 aliphatic heterocycles. The molecule has 0 aromatic rings. The lowest BCUT2D eigenvalue weighted by molar-refractivity contribution is -0.288. The van der Waals surface area contributed by atoms with Crippen LogP contribution in [-0.2, 0) is 0 Å². The second kappa shape index (κ2) is 2.71. The molecule has 0 aromatic carbocycles. The van der Waals surface area contributed by atoms with Crippen molar-refractivity contribution in [3.63, 3.8) is 0 Å². The van der Waals surface area contributed by atoms with E-state index >= 15 is 0 Å². The molecule has 4 heteroatoms. The van der Waals surface area contributed by atoms with Gasteiger partial charge in [-0.05, 0) is 27.2 Å². The van der Waals surface area contributed by atoms with Gasteiger partial charge in [-0.1, -0.05) is 0 Å². The van der Waals surface area contributed by atoms with E-state index < -0.39 is 0 Å². The summed E-state index contributed by atoms with van der Waals surface area (Å²) in [5.74, 6) is 0. The largest absolute Gasteiger partial charge is 0.312 e. The van der Waals surface area contributed by atoms with Crippen molar-refractivity contribution in [1.82, 2.24) is 10.1 Å². The van der Waals surface area contributed by atoms with E-state index in [4.69, 9.17) is 0 Å². The minimum absolute atomic E-state index is 0.119. The minimum atomic E-state index is -0.224. The number of rotatable bonds is 0. The van der Waals surface area contributed by atoms with Gasteiger partial charge in [0.2, 0.25) is 0 Å².